The summed E-state index contributed by atoms with van der Waals surface area (Å²) in [5.41, 5.74) is 0.661. The average molecular weight is 330 g/mol. The Labute approximate surface area is 122 Å². The maximum Gasteiger partial charge on any atom is 0.260 e. The number of likely N-dealkylation sites (N-methyl/N-ethyl adjacent to an activating group) is 1. The van der Waals surface area contributed by atoms with Crippen LogP contribution in [-0.2, 0) is 4.79 Å². The maximum absolute atomic E-state index is 11.8. The third-order valence-corrected chi connectivity index (χ3v) is 3.43. The van der Waals surface area contributed by atoms with E-state index in [-0.39, 0.29) is 18.6 Å². The summed E-state index contributed by atoms with van der Waals surface area (Å²) in [6.07, 6.45) is -0.648. The van der Waals surface area contributed by atoms with Crippen molar-refractivity contribution in [3.8, 4) is 5.75 Å². The topological polar surface area (TPSA) is 49.8 Å². The van der Waals surface area contributed by atoms with Crippen LogP contribution in [0.5, 0.6) is 5.75 Å². The molecule has 5 heteroatoms. The first-order valence-corrected chi connectivity index (χ1v) is 6.98. The van der Waals surface area contributed by atoms with Crippen molar-refractivity contribution in [3.05, 3.63) is 28.2 Å². The molecule has 1 atom stereocenters. The van der Waals surface area contributed by atoms with Gasteiger partial charge in [-0.3, -0.25) is 4.79 Å². The number of nitrogens with zero attached hydrogens (tertiary/aromatic N) is 1. The molecular formula is C14H20BrNO3. The van der Waals surface area contributed by atoms with Gasteiger partial charge in [0.2, 0.25) is 0 Å². The van der Waals surface area contributed by atoms with E-state index in [1.165, 1.54) is 0 Å². The summed E-state index contributed by atoms with van der Waals surface area (Å²) in [7, 11) is 1.74. The van der Waals surface area contributed by atoms with Gasteiger partial charge in [-0.2, -0.15) is 0 Å². The number of carbonyl (C=O) groups excluding carboxylic acids is 1. The summed E-state index contributed by atoms with van der Waals surface area (Å²) in [6.45, 7) is 5.52. The number of benzene rings is 1. The second-order valence-electron chi connectivity index (χ2n) is 4.75. The molecule has 0 radical (unpaired) electrons. The van der Waals surface area contributed by atoms with E-state index in [2.05, 4.69) is 15.9 Å². The summed E-state index contributed by atoms with van der Waals surface area (Å²) in [5.74, 6) is 0.443. The molecule has 19 heavy (non-hydrogen) atoms. The van der Waals surface area contributed by atoms with Gasteiger partial charge in [0.1, 0.15) is 5.75 Å². The van der Waals surface area contributed by atoms with Gasteiger partial charge in [0.25, 0.3) is 5.91 Å². The quantitative estimate of drug-likeness (QED) is 0.903. The van der Waals surface area contributed by atoms with Gasteiger partial charge in [-0.1, -0.05) is 15.9 Å². The smallest absolute Gasteiger partial charge is 0.260 e. The highest BCUT2D eigenvalue weighted by Crippen LogP contribution is 2.28. The Hall–Kier alpha value is -1.07. The van der Waals surface area contributed by atoms with Crippen LogP contribution >= 0.6 is 15.9 Å². The lowest BCUT2D eigenvalue weighted by Crippen LogP contribution is -2.36. The SMILES string of the molecule is CC(C)N(C)C(=O)COc1ccc(Br)cc1[C@H](C)O. The zero-order valence-electron chi connectivity index (χ0n) is 11.7. The Morgan fingerprint density at radius 1 is 1.42 bits per heavy atom. The molecule has 0 aliphatic carbocycles. The van der Waals surface area contributed by atoms with Crippen LogP contribution in [0.3, 0.4) is 0 Å². The van der Waals surface area contributed by atoms with Crippen molar-refractivity contribution in [2.45, 2.75) is 32.9 Å². The first-order chi connectivity index (χ1) is 8.82. The maximum atomic E-state index is 11.8. The van der Waals surface area contributed by atoms with E-state index in [0.717, 1.165) is 4.47 Å². The van der Waals surface area contributed by atoms with Crippen molar-refractivity contribution >= 4 is 21.8 Å². The molecule has 0 heterocycles. The van der Waals surface area contributed by atoms with Crippen LogP contribution in [0, 0.1) is 0 Å². The van der Waals surface area contributed by atoms with Gasteiger partial charge in [0, 0.05) is 23.1 Å². The molecule has 0 aliphatic rings. The number of halogens is 1. The number of carbonyl (C=O) groups is 1. The minimum atomic E-state index is -0.648. The zero-order valence-corrected chi connectivity index (χ0v) is 13.3. The Bertz CT molecular complexity index is 446. The Morgan fingerprint density at radius 2 is 2.05 bits per heavy atom. The summed E-state index contributed by atoms with van der Waals surface area (Å²) in [5, 5.41) is 9.70. The first kappa shape index (κ1) is 16.0. The summed E-state index contributed by atoms with van der Waals surface area (Å²) in [4.78, 5) is 13.5. The first-order valence-electron chi connectivity index (χ1n) is 6.19. The van der Waals surface area contributed by atoms with Crippen molar-refractivity contribution < 1.29 is 14.6 Å². The number of aliphatic hydroxyl groups excluding tert-OH is 1. The second kappa shape index (κ2) is 6.91. The normalized spacial score (nSPS) is 12.4. The Kier molecular flexibility index (Phi) is 5.82. The third-order valence-electron chi connectivity index (χ3n) is 2.94. The van der Waals surface area contributed by atoms with Crippen molar-refractivity contribution in [1.82, 2.24) is 4.90 Å². The summed E-state index contributed by atoms with van der Waals surface area (Å²) < 4.78 is 6.38. The fraction of sp³-hybridized carbons (Fsp3) is 0.500. The number of ether oxygens (including phenoxy) is 1. The number of hydrogen-bond donors (Lipinski definition) is 1. The number of rotatable bonds is 5. The standard InChI is InChI=1S/C14H20BrNO3/c1-9(2)16(4)14(18)8-19-13-6-5-11(15)7-12(13)10(3)17/h5-7,9-10,17H,8H2,1-4H3/t10-/m0/s1. The van der Waals surface area contributed by atoms with E-state index in [1.54, 1.807) is 31.0 Å². The second-order valence-corrected chi connectivity index (χ2v) is 5.66. The van der Waals surface area contributed by atoms with Gasteiger partial charge in [0.05, 0.1) is 6.10 Å². The molecule has 1 amide bonds. The third kappa shape index (κ3) is 4.51. The molecule has 0 aromatic heterocycles. The molecule has 0 unspecified atom stereocenters. The van der Waals surface area contributed by atoms with Crippen LogP contribution in [-0.4, -0.2) is 35.6 Å². The monoisotopic (exact) mass is 329 g/mol. The Morgan fingerprint density at radius 3 is 2.58 bits per heavy atom. The van der Waals surface area contributed by atoms with Crippen LogP contribution in [0.1, 0.15) is 32.4 Å². The van der Waals surface area contributed by atoms with Gasteiger partial charge in [-0.25, -0.2) is 0 Å². The molecular weight excluding hydrogens is 310 g/mol. The number of hydrogen-bond acceptors (Lipinski definition) is 3. The lowest BCUT2D eigenvalue weighted by atomic mass is 10.1. The highest BCUT2D eigenvalue weighted by molar-refractivity contribution is 9.10. The van der Waals surface area contributed by atoms with Crippen LogP contribution in [0.2, 0.25) is 0 Å². The lowest BCUT2D eigenvalue weighted by molar-refractivity contribution is -0.133. The average Bonchev–Trinajstić information content (AvgIpc) is 2.35. The zero-order chi connectivity index (χ0) is 14.6. The minimum absolute atomic E-state index is 0.0317. The van der Waals surface area contributed by atoms with Gasteiger partial charge in [0.15, 0.2) is 6.61 Å². The molecule has 0 aliphatic heterocycles. The highest BCUT2D eigenvalue weighted by Gasteiger charge is 2.15. The van der Waals surface area contributed by atoms with Gasteiger partial charge < -0.3 is 14.7 Å². The van der Waals surface area contributed by atoms with Crippen molar-refractivity contribution in [2.24, 2.45) is 0 Å². The molecule has 0 bridgehead atoms. The van der Waals surface area contributed by atoms with Crippen molar-refractivity contribution in [2.75, 3.05) is 13.7 Å². The predicted molar refractivity (Wildman–Crippen MR) is 78.2 cm³/mol. The molecule has 0 fully saturated rings. The summed E-state index contributed by atoms with van der Waals surface area (Å²) in [6, 6.07) is 5.49. The highest BCUT2D eigenvalue weighted by atomic mass is 79.9. The van der Waals surface area contributed by atoms with Crippen molar-refractivity contribution in [1.29, 1.82) is 0 Å². The van der Waals surface area contributed by atoms with E-state index in [1.807, 2.05) is 19.9 Å². The van der Waals surface area contributed by atoms with E-state index in [4.69, 9.17) is 4.74 Å². The number of aliphatic hydroxyl groups is 1. The van der Waals surface area contributed by atoms with Crippen LogP contribution < -0.4 is 4.74 Å². The van der Waals surface area contributed by atoms with E-state index in [9.17, 15) is 9.90 Å². The van der Waals surface area contributed by atoms with Crippen LogP contribution in [0.25, 0.3) is 0 Å². The van der Waals surface area contributed by atoms with Crippen LogP contribution in [0.4, 0.5) is 0 Å². The van der Waals surface area contributed by atoms with Gasteiger partial charge in [-0.15, -0.1) is 0 Å². The van der Waals surface area contributed by atoms with E-state index in [0.29, 0.717) is 11.3 Å². The van der Waals surface area contributed by atoms with Crippen LogP contribution in [0.15, 0.2) is 22.7 Å². The fourth-order valence-corrected chi connectivity index (χ4v) is 1.89. The largest absolute Gasteiger partial charge is 0.483 e. The van der Waals surface area contributed by atoms with Gasteiger partial charge in [-0.05, 0) is 39.0 Å². The molecule has 1 N–H and O–H groups in total. The van der Waals surface area contributed by atoms with Gasteiger partial charge >= 0.3 is 0 Å². The molecule has 0 spiro atoms. The lowest BCUT2D eigenvalue weighted by Gasteiger charge is -2.22. The van der Waals surface area contributed by atoms with E-state index < -0.39 is 6.10 Å². The Balaban J connectivity index is 2.75. The molecule has 4 nitrogen and oxygen atoms in total. The predicted octanol–water partition coefficient (Wildman–Crippen LogP) is 2.75. The molecule has 1 aromatic rings. The molecule has 1 rings (SSSR count). The van der Waals surface area contributed by atoms with Crippen molar-refractivity contribution in [3.63, 3.8) is 0 Å². The molecule has 0 saturated carbocycles. The van der Waals surface area contributed by atoms with E-state index >= 15 is 0 Å². The summed E-state index contributed by atoms with van der Waals surface area (Å²) >= 11 is 3.35. The fourth-order valence-electron chi connectivity index (χ4n) is 1.51. The minimum Gasteiger partial charge on any atom is -0.483 e. The number of amides is 1. The molecule has 1 aromatic carbocycles. The molecule has 0 saturated heterocycles. The molecule has 106 valence electrons.